The lowest BCUT2D eigenvalue weighted by Gasteiger charge is -2.04. The topological polar surface area (TPSA) is 68.3 Å². The van der Waals surface area contributed by atoms with E-state index in [4.69, 9.17) is 4.74 Å². The predicted molar refractivity (Wildman–Crippen MR) is 92.7 cm³/mol. The van der Waals surface area contributed by atoms with Crippen molar-refractivity contribution in [1.29, 1.82) is 0 Å². The summed E-state index contributed by atoms with van der Waals surface area (Å²) in [5, 5.41) is 5.39. The maximum Gasteiger partial charge on any atom is 0.309 e. The number of nitrogens with one attached hydrogen (secondary N) is 1. The van der Waals surface area contributed by atoms with Gasteiger partial charge in [0.25, 0.3) is 0 Å². The lowest BCUT2D eigenvalue weighted by atomic mass is 10.2. The van der Waals surface area contributed by atoms with Gasteiger partial charge in [0.1, 0.15) is 11.6 Å². The number of nitrogens with zero attached hydrogens (tertiary/aromatic N) is 1. The lowest BCUT2D eigenvalue weighted by Crippen LogP contribution is -2.14. The number of aromatic nitrogens is 1. The fourth-order valence-electron chi connectivity index (χ4n) is 2.38. The Morgan fingerprint density at radius 2 is 2.04 bits per heavy atom. The fraction of sp³-hybridized carbons (Fsp3) is 0.389. The summed E-state index contributed by atoms with van der Waals surface area (Å²) in [6, 6.07) is 7.65. The van der Waals surface area contributed by atoms with Gasteiger partial charge in [-0.25, -0.2) is 4.98 Å². The van der Waals surface area contributed by atoms with Gasteiger partial charge in [0, 0.05) is 11.1 Å². The van der Waals surface area contributed by atoms with Crippen molar-refractivity contribution in [3.8, 4) is 0 Å². The zero-order valence-electron chi connectivity index (χ0n) is 13.7. The first-order chi connectivity index (χ1) is 11.5. The number of carbonyl (C=O) groups is 2. The molecule has 1 aromatic heterocycles. The molecule has 1 aromatic carbocycles. The Morgan fingerprint density at radius 1 is 1.33 bits per heavy atom. The Labute approximate surface area is 145 Å². The van der Waals surface area contributed by atoms with Crippen LogP contribution in [0, 0.1) is 18.8 Å². The van der Waals surface area contributed by atoms with Crippen LogP contribution >= 0.6 is 11.3 Å². The Morgan fingerprint density at radius 3 is 2.71 bits per heavy atom. The van der Waals surface area contributed by atoms with E-state index >= 15 is 0 Å². The first kappa shape index (κ1) is 16.6. The summed E-state index contributed by atoms with van der Waals surface area (Å²) in [5.41, 5.74) is 2.61. The number of anilines is 1. The van der Waals surface area contributed by atoms with Gasteiger partial charge in [0.05, 0.1) is 18.0 Å². The first-order valence-electron chi connectivity index (χ1n) is 7.97. The Kier molecular flexibility index (Phi) is 4.94. The van der Waals surface area contributed by atoms with E-state index in [-0.39, 0.29) is 30.8 Å². The second-order valence-electron chi connectivity index (χ2n) is 6.25. The fourth-order valence-corrected chi connectivity index (χ4v) is 3.16. The highest BCUT2D eigenvalue weighted by molar-refractivity contribution is 7.09. The van der Waals surface area contributed by atoms with Crippen LogP contribution in [0.3, 0.4) is 0 Å². The van der Waals surface area contributed by atoms with E-state index in [9.17, 15) is 9.59 Å². The van der Waals surface area contributed by atoms with E-state index in [0.717, 1.165) is 17.7 Å². The van der Waals surface area contributed by atoms with Crippen LogP contribution in [0.1, 0.15) is 29.6 Å². The molecule has 1 aliphatic carbocycles. The number of esters is 1. The Balaban J connectivity index is 1.47. The molecule has 1 N–H and O–H groups in total. The highest BCUT2D eigenvalue weighted by Gasteiger charge is 2.40. The quantitative estimate of drug-likeness (QED) is 0.816. The molecule has 6 heteroatoms. The van der Waals surface area contributed by atoms with Crippen molar-refractivity contribution in [2.75, 3.05) is 5.32 Å². The van der Waals surface area contributed by atoms with E-state index in [0.29, 0.717) is 16.6 Å². The molecule has 1 fully saturated rings. The number of benzene rings is 1. The molecule has 0 radical (unpaired) electrons. The summed E-state index contributed by atoms with van der Waals surface area (Å²) >= 11 is 1.40. The average Bonchev–Trinajstić information content (AvgIpc) is 3.12. The van der Waals surface area contributed by atoms with Crippen LogP contribution in [0.5, 0.6) is 0 Å². The number of amides is 1. The molecule has 2 atom stereocenters. The molecule has 24 heavy (non-hydrogen) atoms. The highest BCUT2D eigenvalue weighted by atomic mass is 32.1. The molecule has 2 aromatic rings. The monoisotopic (exact) mass is 344 g/mol. The third-order valence-electron chi connectivity index (χ3n) is 4.02. The van der Waals surface area contributed by atoms with Crippen LogP contribution in [0.2, 0.25) is 0 Å². The number of thiazole rings is 1. The molecule has 1 heterocycles. The Bertz CT molecular complexity index is 739. The molecule has 5 nitrogen and oxygen atoms in total. The number of aryl methyl sites for hydroxylation is 1. The number of carbonyl (C=O) groups excluding carboxylic acids is 2. The zero-order chi connectivity index (χ0) is 17.1. The lowest BCUT2D eigenvalue weighted by molar-refractivity contribution is -0.147. The molecule has 1 saturated carbocycles. The standard InChI is InChI=1S/C18H20N2O3S/c1-11-3-5-13(6-4-11)19-16(21)8-17-20-14(10-24-17)9-23-18(22)15-7-12(15)2/h3-6,10,12,15H,7-9H2,1-2H3,(H,19,21)/t12-,15+/m0/s1. The SMILES string of the molecule is Cc1ccc(NC(=O)Cc2nc(COC(=O)[C@@H]3C[C@@H]3C)cs2)cc1. The molecule has 0 spiro atoms. The minimum atomic E-state index is -0.144. The van der Waals surface area contributed by atoms with Crippen LogP contribution in [0.4, 0.5) is 5.69 Å². The highest BCUT2D eigenvalue weighted by Crippen LogP contribution is 2.38. The molecule has 0 bridgehead atoms. The van der Waals surface area contributed by atoms with E-state index < -0.39 is 0 Å². The largest absolute Gasteiger partial charge is 0.459 e. The van der Waals surface area contributed by atoms with Crippen molar-refractivity contribution in [3.63, 3.8) is 0 Å². The minimum Gasteiger partial charge on any atom is -0.459 e. The third-order valence-corrected chi connectivity index (χ3v) is 4.92. The van der Waals surface area contributed by atoms with Crippen molar-refractivity contribution < 1.29 is 14.3 Å². The first-order valence-corrected chi connectivity index (χ1v) is 8.85. The summed E-state index contributed by atoms with van der Waals surface area (Å²) in [5.74, 6) is 0.245. The van der Waals surface area contributed by atoms with Gasteiger partial charge in [-0.15, -0.1) is 11.3 Å². The smallest absolute Gasteiger partial charge is 0.309 e. The number of hydrogen-bond acceptors (Lipinski definition) is 5. The Hall–Kier alpha value is -2.21. The van der Waals surface area contributed by atoms with Crippen LogP contribution in [0.15, 0.2) is 29.6 Å². The second-order valence-corrected chi connectivity index (χ2v) is 7.19. The van der Waals surface area contributed by atoms with Crippen molar-refractivity contribution >= 4 is 28.9 Å². The third kappa shape index (κ3) is 4.41. The van der Waals surface area contributed by atoms with E-state index in [2.05, 4.69) is 10.3 Å². The van der Waals surface area contributed by atoms with Crippen molar-refractivity contribution in [2.24, 2.45) is 11.8 Å². The molecule has 126 valence electrons. The molecule has 0 aliphatic heterocycles. The predicted octanol–water partition coefficient (Wildman–Crippen LogP) is 3.33. The van der Waals surface area contributed by atoms with Crippen LogP contribution in [-0.4, -0.2) is 16.9 Å². The van der Waals surface area contributed by atoms with Gasteiger partial charge in [-0.05, 0) is 31.4 Å². The molecule has 1 amide bonds. The van der Waals surface area contributed by atoms with Crippen LogP contribution in [-0.2, 0) is 27.4 Å². The van der Waals surface area contributed by atoms with E-state index in [1.807, 2.05) is 43.5 Å². The molecule has 1 aliphatic rings. The molecule has 0 unspecified atom stereocenters. The molecule has 3 rings (SSSR count). The summed E-state index contributed by atoms with van der Waals surface area (Å²) in [6.45, 7) is 4.22. The van der Waals surface area contributed by atoms with Gasteiger partial charge in [0.2, 0.25) is 5.91 Å². The van der Waals surface area contributed by atoms with Crippen LogP contribution in [0.25, 0.3) is 0 Å². The number of hydrogen-bond donors (Lipinski definition) is 1. The van der Waals surface area contributed by atoms with Crippen molar-refractivity contribution in [2.45, 2.75) is 33.3 Å². The van der Waals surface area contributed by atoms with Gasteiger partial charge < -0.3 is 10.1 Å². The van der Waals surface area contributed by atoms with Crippen molar-refractivity contribution in [1.82, 2.24) is 4.98 Å². The van der Waals surface area contributed by atoms with E-state index in [1.165, 1.54) is 11.3 Å². The summed E-state index contributed by atoms with van der Waals surface area (Å²) in [6.07, 6.45) is 1.13. The number of ether oxygens (including phenoxy) is 1. The molecular weight excluding hydrogens is 324 g/mol. The zero-order valence-corrected chi connectivity index (χ0v) is 14.6. The minimum absolute atomic E-state index is 0.0587. The van der Waals surface area contributed by atoms with Gasteiger partial charge in [-0.1, -0.05) is 24.6 Å². The van der Waals surface area contributed by atoms with Gasteiger partial charge >= 0.3 is 5.97 Å². The van der Waals surface area contributed by atoms with Gasteiger partial charge in [-0.3, -0.25) is 9.59 Å². The summed E-state index contributed by atoms with van der Waals surface area (Å²) in [4.78, 5) is 28.1. The van der Waals surface area contributed by atoms with Gasteiger partial charge in [-0.2, -0.15) is 0 Å². The normalized spacial score (nSPS) is 18.9. The molecule has 0 saturated heterocycles. The van der Waals surface area contributed by atoms with Crippen molar-refractivity contribution in [3.05, 3.63) is 45.9 Å². The maximum absolute atomic E-state index is 12.0. The maximum atomic E-state index is 12.0. The molecular formula is C18H20N2O3S. The van der Waals surface area contributed by atoms with E-state index in [1.54, 1.807) is 0 Å². The van der Waals surface area contributed by atoms with Gasteiger partial charge in [0.15, 0.2) is 0 Å². The summed E-state index contributed by atoms with van der Waals surface area (Å²) < 4.78 is 5.25. The second kappa shape index (κ2) is 7.13. The van der Waals surface area contributed by atoms with Crippen LogP contribution < -0.4 is 5.32 Å². The average molecular weight is 344 g/mol. The summed E-state index contributed by atoms with van der Waals surface area (Å²) in [7, 11) is 0. The number of rotatable bonds is 6.